The minimum atomic E-state index is -0.721. The van der Waals surface area contributed by atoms with Crippen LogP contribution in [0, 0.1) is 5.92 Å². The lowest BCUT2D eigenvalue weighted by Gasteiger charge is -2.35. The van der Waals surface area contributed by atoms with E-state index >= 15 is 0 Å². The van der Waals surface area contributed by atoms with Crippen LogP contribution in [0.4, 0.5) is 4.79 Å². The fourth-order valence-electron chi connectivity index (χ4n) is 4.84. The zero-order valence-corrected chi connectivity index (χ0v) is 20.3. The number of urea groups is 1. The highest BCUT2D eigenvalue weighted by Crippen LogP contribution is 2.34. The molecule has 186 valence electrons. The van der Waals surface area contributed by atoms with Crippen molar-refractivity contribution in [2.75, 3.05) is 33.4 Å². The summed E-state index contributed by atoms with van der Waals surface area (Å²) in [5.74, 6) is 0.400. The van der Waals surface area contributed by atoms with Gasteiger partial charge >= 0.3 is 12.0 Å². The number of carbonyl (C=O) groups is 2. The number of amides is 2. The number of phenols is 1. The molecule has 2 amide bonds. The minimum Gasteiger partial charge on any atom is -0.504 e. The van der Waals surface area contributed by atoms with Gasteiger partial charge in [-0.05, 0) is 68.5 Å². The summed E-state index contributed by atoms with van der Waals surface area (Å²) in [5.41, 5.74) is 2.88. The van der Waals surface area contributed by atoms with Gasteiger partial charge < -0.3 is 25.2 Å². The number of ether oxygens (including phenoxy) is 2. The Hall–Kier alpha value is -3.52. The number of esters is 1. The Morgan fingerprint density at radius 1 is 1.14 bits per heavy atom. The molecule has 35 heavy (non-hydrogen) atoms. The molecule has 1 saturated heterocycles. The third kappa shape index (κ3) is 5.95. The maximum atomic E-state index is 12.9. The van der Waals surface area contributed by atoms with Crippen molar-refractivity contribution in [3.63, 3.8) is 0 Å². The molecule has 2 heterocycles. The predicted molar refractivity (Wildman–Crippen MR) is 132 cm³/mol. The van der Waals surface area contributed by atoms with Crippen LogP contribution in [0.2, 0.25) is 0 Å². The number of aromatic hydroxyl groups is 1. The molecule has 1 unspecified atom stereocenters. The van der Waals surface area contributed by atoms with Gasteiger partial charge in [-0.15, -0.1) is 0 Å². The fraction of sp³-hybridized carbons (Fsp3) is 0.407. The molecule has 2 aromatic carbocycles. The highest BCUT2D eigenvalue weighted by Gasteiger charge is 2.35. The summed E-state index contributed by atoms with van der Waals surface area (Å²) in [5, 5.41) is 15.7. The van der Waals surface area contributed by atoms with Crippen LogP contribution in [-0.4, -0.2) is 55.4 Å². The van der Waals surface area contributed by atoms with Gasteiger partial charge in [-0.3, -0.25) is 4.90 Å². The fourth-order valence-corrected chi connectivity index (χ4v) is 4.84. The molecule has 1 fully saturated rings. The number of carbonyl (C=O) groups excluding carboxylic acids is 2. The molecule has 0 bridgehead atoms. The van der Waals surface area contributed by atoms with E-state index in [2.05, 4.69) is 39.8 Å². The summed E-state index contributed by atoms with van der Waals surface area (Å²) in [6, 6.07) is 14.2. The smallest absolute Gasteiger partial charge is 0.338 e. The molecule has 0 radical (unpaired) electrons. The molecular formula is C27H33N3O5. The Morgan fingerprint density at radius 2 is 1.89 bits per heavy atom. The first-order valence-corrected chi connectivity index (χ1v) is 12.1. The summed E-state index contributed by atoms with van der Waals surface area (Å²) in [4.78, 5) is 27.7. The summed E-state index contributed by atoms with van der Waals surface area (Å²) in [6.07, 6.45) is 3.18. The maximum Gasteiger partial charge on any atom is 0.338 e. The highest BCUT2D eigenvalue weighted by molar-refractivity contribution is 5.95. The van der Waals surface area contributed by atoms with Crippen molar-refractivity contribution < 1.29 is 24.2 Å². The zero-order valence-electron chi connectivity index (χ0n) is 20.3. The second-order valence-corrected chi connectivity index (χ2v) is 8.98. The average molecular weight is 480 g/mol. The monoisotopic (exact) mass is 479 g/mol. The number of hydrogen-bond acceptors (Lipinski definition) is 6. The number of methoxy groups -OCH3 is 1. The molecule has 2 aromatic rings. The van der Waals surface area contributed by atoms with Crippen molar-refractivity contribution in [3.8, 4) is 11.5 Å². The van der Waals surface area contributed by atoms with Gasteiger partial charge in [0.05, 0.1) is 25.3 Å². The van der Waals surface area contributed by atoms with Crippen LogP contribution in [0.5, 0.6) is 11.5 Å². The third-order valence-corrected chi connectivity index (χ3v) is 6.63. The molecule has 2 aliphatic heterocycles. The third-order valence-electron chi connectivity index (χ3n) is 6.63. The van der Waals surface area contributed by atoms with Gasteiger partial charge in [0.2, 0.25) is 0 Å². The second kappa shape index (κ2) is 11.3. The number of hydrogen-bond donors (Lipinski definition) is 3. The lowest BCUT2D eigenvalue weighted by Crippen LogP contribution is -2.49. The first-order valence-electron chi connectivity index (χ1n) is 12.1. The Morgan fingerprint density at radius 3 is 2.57 bits per heavy atom. The number of nitrogens with zero attached hydrogens (tertiary/aromatic N) is 1. The van der Waals surface area contributed by atoms with Gasteiger partial charge in [0.1, 0.15) is 0 Å². The van der Waals surface area contributed by atoms with Crippen molar-refractivity contribution in [1.82, 2.24) is 15.5 Å². The molecule has 8 heteroatoms. The van der Waals surface area contributed by atoms with Crippen molar-refractivity contribution in [1.29, 1.82) is 0 Å². The maximum absolute atomic E-state index is 12.9. The molecular weight excluding hydrogens is 446 g/mol. The van der Waals surface area contributed by atoms with Gasteiger partial charge in [0.15, 0.2) is 11.5 Å². The largest absolute Gasteiger partial charge is 0.504 e. The van der Waals surface area contributed by atoms with Crippen molar-refractivity contribution >= 4 is 12.0 Å². The first-order chi connectivity index (χ1) is 17.0. The molecule has 3 N–H and O–H groups in total. The number of nitrogens with one attached hydrogen (secondary N) is 2. The van der Waals surface area contributed by atoms with Crippen molar-refractivity contribution in [2.45, 2.75) is 32.2 Å². The van der Waals surface area contributed by atoms with E-state index < -0.39 is 12.0 Å². The highest BCUT2D eigenvalue weighted by atomic mass is 16.5. The van der Waals surface area contributed by atoms with Crippen molar-refractivity contribution in [2.24, 2.45) is 5.92 Å². The van der Waals surface area contributed by atoms with Crippen LogP contribution >= 0.6 is 0 Å². The van der Waals surface area contributed by atoms with Crippen LogP contribution in [0.25, 0.3) is 0 Å². The van der Waals surface area contributed by atoms with E-state index in [9.17, 15) is 14.7 Å². The molecule has 4 rings (SSSR count). The first kappa shape index (κ1) is 24.6. The van der Waals surface area contributed by atoms with Gasteiger partial charge in [0.25, 0.3) is 0 Å². The SMILES string of the molecule is CCOc1cc(C2NC(=O)NC(CN3CCC(Cc4ccccc4)CC3)=C2C(=O)OC)ccc1O. The molecule has 2 aliphatic rings. The molecule has 8 nitrogen and oxygen atoms in total. The summed E-state index contributed by atoms with van der Waals surface area (Å²) in [7, 11) is 1.33. The molecule has 0 spiro atoms. The summed E-state index contributed by atoms with van der Waals surface area (Å²) >= 11 is 0. The van der Waals surface area contributed by atoms with Crippen LogP contribution < -0.4 is 15.4 Å². The summed E-state index contributed by atoms with van der Waals surface area (Å²) < 4.78 is 10.6. The molecule has 0 aliphatic carbocycles. The number of likely N-dealkylation sites (tertiary alicyclic amines) is 1. The molecule has 0 aromatic heterocycles. The standard InChI is InChI=1S/C27H33N3O5/c1-3-35-23-16-20(9-10-22(23)31)25-24(26(32)34-2)21(28-27(33)29-25)17-30-13-11-19(12-14-30)15-18-7-5-4-6-8-18/h4-10,16,19,25,31H,3,11-15,17H2,1-2H3,(H2,28,29,33). The van der Waals surface area contributed by atoms with E-state index in [4.69, 9.17) is 9.47 Å². The van der Waals surface area contributed by atoms with E-state index in [0.717, 1.165) is 32.4 Å². The number of rotatable bonds is 8. The Kier molecular flexibility index (Phi) is 7.92. The Bertz CT molecular complexity index is 1080. The Balaban J connectivity index is 1.53. The van der Waals surface area contributed by atoms with E-state index in [1.165, 1.54) is 18.7 Å². The number of phenolic OH excluding ortho intramolecular Hbond substituents is 1. The number of piperidine rings is 1. The van der Waals surface area contributed by atoms with Crippen LogP contribution in [0.3, 0.4) is 0 Å². The van der Waals surface area contributed by atoms with E-state index in [0.29, 0.717) is 41.7 Å². The van der Waals surface area contributed by atoms with Crippen LogP contribution in [0.15, 0.2) is 59.8 Å². The van der Waals surface area contributed by atoms with Gasteiger partial charge in [0, 0.05) is 12.2 Å². The lowest BCUT2D eigenvalue weighted by molar-refractivity contribution is -0.136. The lowest BCUT2D eigenvalue weighted by atomic mass is 9.89. The number of benzene rings is 2. The Labute approximate surface area is 205 Å². The zero-order chi connectivity index (χ0) is 24.8. The van der Waals surface area contributed by atoms with Crippen LogP contribution in [-0.2, 0) is 16.0 Å². The van der Waals surface area contributed by atoms with Crippen molar-refractivity contribution in [3.05, 3.63) is 70.9 Å². The normalized spacial score (nSPS) is 19.1. The average Bonchev–Trinajstić information content (AvgIpc) is 2.86. The molecule has 1 atom stereocenters. The quantitative estimate of drug-likeness (QED) is 0.501. The minimum absolute atomic E-state index is 0.00180. The summed E-state index contributed by atoms with van der Waals surface area (Å²) in [6.45, 7) is 4.41. The van der Waals surface area contributed by atoms with Gasteiger partial charge in [-0.1, -0.05) is 36.4 Å². The topological polar surface area (TPSA) is 100 Å². The van der Waals surface area contributed by atoms with E-state index in [1.54, 1.807) is 12.1 Å². The van der Waals surface area contributed by atoms with E-state index in [-0.39, 0.29) is 11.8 Å². The predicted octanol–water partition coefficient (Wildman–Crippen LogP) is 3.53. The van der Waals surface area contributed by atoms with Gasteiger partial charge in [-0.25, -0.2) is 9.59 Å². The van der Waals surface area contributed by atoms with E-state index in [1.807, 2.05) is 13.0 Å². The van der Waals surface area contributed by atoms with Crippen LogP contribution in [0.1, 0.15) is 36.9 Å². The van der Waals surface area contributed by atoms with Gasteiger partial charge in [-0.2, -0.15) is 0 Å². The molecule has 0 saturated carbocycles. The second-order valence-electron chi connectivity index (χ2n) is 8.98.